The molecule has 10 heteroatoms. The molecule has 2 aromatic rings. The fourth-order valence-electron chi connectivity index (χ4n) is 6.64. The van der Waals surface area contributed by atoms with Gasteiger partial charge in [-0.1, -0.05) is 13.8 Å². The molecule has 7 rings (SSSR count). The van der Waals surface area contributed by atoms with Gasteiger partial charge in [0.05, 0.1) is 59.2 Å². The van der Waals surface area contributed by atoms with E-state index in [1.165, 1.54) is 24.3 Å². The van der Waals surface area contributed by atoms with Crippen LogP contribution in [0.3, 0.4) is 0 Å². The van der Waals surface area contributed by atoms with Crippen molar-refractivity contribution in [2.45, 2.75) is 64.6 Å². The van der Waals surface area contributed by atoms with Crippen molar-refractivity contribution in [2.24, 2.45) is 20.0 Å². The Morgan fingerprint density at radius 2 is 0.963 bits per heavy atom. The summed E-state index contributed by atoms with van der Waals surface area (Å²) in [4.78, 5) is 19.3. The van der Waals surface area contributed by atoms with E-state index in [9.17, 15) is 18.9 Å². The van der Waals surface area contributed by atoms with Gasteiger partial charge in [0.2, 0.25) is 0 Å². The fraction of sp³-hybridized carbons (Fsp3) is 0.273. The molecule has 0 amide bonds. The molecule has 0 aromatic heterocycles. The monoisotopic (exact) mass is 733 g/mol. The van der Waals surface area contributed by atoms with E-state index in [0.29, 0.717) is 76.1 Å². The molecule has 0 N–H and O–H groups in total. The van der Waals surface area contributed by atoms with Crippen LogP contribution in [0, 0.1) is 23.3 Å². The Bertz CT molecular complexity index is 2270. The lowest BCUT2D eigenvalue weighted by atomic mass is 9.98. The summed E-state index contributed by atoms with van der Waals surface area (Å²) >= 11 is 0. The van der Waals surface area contributed by atoms with Crippen molar-refractivity contribution >= 4 is 22.8 Å². The molecule has 5 aliphatic heterocycles. The highest BCUT2D eigenvalue weighted by Gasteiger charge is 2.25. The quantitative estimate of drug-likeness (QED) is 0.204. The van der Waals surface area contributed by atoms with Crippen molar-refractivity contribution in [3.8, 4) is 0 Å². The molecule has 0 saturated heterocycles. The molecule has 4 unspecified atom stereocenters. The number of fused-ring (bicyclic) bond motifs is 4. The zero-order valence-corrected chi connectivity index (χ0v) is 30.4. The zero-order valence-electron chi connectivity index (χ0n) is 31.4. The van der Waals surface area contributed by atoms with Crippen LogP contribution in [0.4, 0.5) is 17.6 Å². The number of nitrogens with zero attached hydrogens (tertiary/aromatic N) is 4. The van der Waals surface area contributed by atoms with Gasteiger partial charge >= 0.3 is 0 Å². The molecule has 0 spiro atoms. The molecular formula is C44H40F4N4O2. The average Bonchev–Trinajstić information content (AvgIpc) is 3.92. The van der Waals surface area contributed by atoms with Gasteiger partial charge in [-0.05, 0) is 135 Å². The van der Waals surface area contributed by atoms with Gasteiger partial charge in [-0.25, -0.2) is 37.5 Å². The molecule has 0 fully saturated rings. The summed E-state index contributed by atoms with van der Waals surface area (Å²) < 4.78 is 77.2. The van der Waals surface area contributed by atoms with Gasteiger partial charge in [-0.2, -0.15) is 0 Å². The predicted molar refractivity (Wildman–Crippen MR) is 206 cm³/mol. The Kier molecular flexibility index (Phi) is 10.6. The highest BCUT2D eigenvalue weighted by molar-refractivity contribution is 6.15. The van der Waals surface area contributed by atoms with Crippen LogP contribution < -0.4 is 0 Å². The topological polar surface area (TPSA) is 67.9 Å². The van der Waals surface area contributed by atoms with E-state index in [1.807, 2.05) is 76.3 Å². The summed E-state index contributed by atoms with van der Waals surface area (Å²) in [6.45, 7) is 8.20. The SMILES string of the molecule is [2H]C1=C(C(C)OCCC(C)c2cc(F)cc(F)c2)C2=CC3=NC(=CC4=NC(=CC5=NC(=CC1=N2)C=C5)C=C4)C(C(C)OCCC(C)c1cc(F)cc(F)c1)=C3. The normalized spacial score (nSPS) is 19.9. The van der Waals surface area contributed by atoms with Crippen LogP contribution in [0.15, 0.2) is 151 Å². The minimum absolute atomic E-state index is 0.132. The number of rotatable bonds is 12. The van der Waals surface area contributed by atoms with E-state index in [1.54, 1.807) is 6.08 Å². The Morgan fingerprint density at radius 1 is 0.519 bits per heavy atom. The van der Waals surface area contributed by atoms with Crippen LogP contribution >= 0.6 is 0 Å². The molecule has 54 heavy (non-hydrogen) atoms. The molecule has 6 nitrogen and oxygen atoms in total. The van der Waals surface area contributed by atoms with Crippen molar-refractivity contribution in [3.05, 3.63) is 165 Å². The Balaban J connectivity index is 1.15. The summed E-state index contributed by atoms with van der Waals surface area (Å²) in [7, 11) is 0. The average molecular weight is 734 g/mol. The largest absolute Gasteiger partial charge is 0.374 e. The van der Waals surface area contributed by atoms with Crippen molar-refractivity contribution in [1.82, 2.24) is 0 Å². The number of ether oxygens (including phenoxy) is 2. The molecule has 276 valence electrons. The molecule has 0 aliphatic carbocycles. The van der Waals surface area contributed by atoms with Crippen LogP contribution in [-0.2, 0) is 9.47 Å². The second-order valence-electron chi connectivity index (χ2n) is 13.9. The van der Waals surface area contributed by atoms with Crippen molar-refractivity contribution < 1.29 is 28.4 Å². The van der Waals surface area contributed by atoms with Crippen LogP contribution in [0.5, 0.6) is 0 Å². The lowest BCUT2D eigenvalue weighted by Crippen LogP contribution is -2.15. The first-order chi connectivity index (χ1) is 26.4. The van der Waals surface area contributed by atoms with Crippen LogP contribution in [0.25, 0.3) is 0 Å². The maximum Gasteiger partial charge on any atom is 0.126 e. The highest BCUT2D eigenvalue weighted by atomic mass is 19.1. The maximum absolute atomic E-state index is 13.9. The van der Waals surface area contributed by atoms with Gasteiger partial charge in [0.15, 0.2) is 0 Å². The summed E-state index contributed by atoms with van der Waals surface area (Å²) in [5.41, 5.74) is 7.49. The Labute approximate surface area is 313 Å². The molecule has 0 saturated carbocycles. The Hall–Kier alpha value is -5.32. The van der Waals surface area contributed by atoms with E-state index in [4.69, 9.17) is 29.4 Å². The van der Waals surface area contributed by atoms with E-state index < -0.39 is 35.5 Å². The van der Waals surface area contributed by atoms with Crippen molar-refractivity contribution in [2.75, 3.05) is 13.2 Å². The summed E-state index contributed by atoms with van der Waals surface area (Å²) in [5, 5.41) is 0. The van der Waals surface area contributed by atoms with Gasteiger partial charge in [0, 0.05) is 36.5 Å². The first-order valence-electron chi connectivity index (χ1n) is 18.5. The van der Waals surface area contributed by atoms with E-state index in [2.05, 4.69) is 0 Å². The molecule has 0 radical (unpaired) electrons. The Morgan fingerprint density at radius 3 is 1.52 bits per heavy atom. The fourth-order valence-corrected chi connectivity index (χ4v) is 6.64. The number of hydrogen-bond acceptors (Lipinski definition) is 6. The second kappa shape index (κ2) is 16.0. The predicted octanol–water partition coefficient (Wildman–Crippen LogP) is 10.1. The summed E-state index contributed by atoms with van der Waals surface area (Å²) in [5.74, 6) is -2.76. The third kappa shape index (κ3) is 8.89. The zero-order chi connectivity index (χ0) is 38.8. The minimum atomic E-state index is -0.622. The number of halogens is 4. The number of aliphatic imine (C=N–C) groups is 4. The highest BCUT2D eigenvalue weighted by Crippen LogP contribution is 2.32. The smallest absolute Gasteiger partial charge is 0.126 e. The summed E-state index contributed by atoms with van der Waals surface area (Å²) in [6.07, 6.45) is 17.0. The lowest BCUT2D eigenvalue weighted by Gasteiger charge is -2.18. The van der Waals surface area contributed by atoms with Crippen LogP contribution in [0.2, 0.25) is 0 Å². The third-order valence-corrected chi connectivity index (χ3v) is 9.73. The molecular weight excluding hydrogens is 693 g/mol. The third-order valence-electron chi connectivity index (χ3n) is 9.73. The molecule has 2 aromatic carbocycles. The lowest BCUT2D eigenvalue weighted by molar-refractivity contribution is 0.0861. The first kappa shape index (κ1) is 35.7. The number of hydrogen-bond donors (Lipinski definition) is 0. The molecule has 8 bridgehead atoms. The molecule has 5 heterocycles. The van der Waals surface area contributed by atoms with E-state index in [-0.39, 0.29) is 24.5 Å². The van der Waals surface area contributed by atoms with E-state index >= 15 is 0 Å². The maximum atomic E-state index is 13.9. The minimum Gasteiger partial charge on any atom is -0.374 e. The number of benzene rings is 2. The second-order valence-corrected chi connectivity index (χ2v) is 13.9. The molecule has 4 atom stereocenters. The van der Waals surface area contributed by atoms with Gasteiger partial charge in [-0.15, -0.1) is 0 Å². The molecule has 5 aliphatic rings. The first-order valence-corrected chi connectivity index (χ1v) is 18.0. The van der Waals surface area contributed by atoms with Gasteiger partial charge in [-0.3, -0.25) is 0 Å². The van der Waals surface area contributed by atoms with Crippen molar-refractivity contribution in [1.29, 1.82) is 0 Å². The van der Waals surface area contributed by atoms with Gasteiger partial charge in [0.25, 0.3) is 0 Å². The van der Waals surface area contributed by atoms with Crippen LogP contribution in [0.1, 0.15) is 64.9 Å². The van der Waals surface area contributed by atoms with Gasteiger partial charge in [0.1, 0.15) is 23.3 Å². The van der Waals surface area contributed by atoms with Crippen LogP contribution in [-0.4, -0.2) is 48.3 Å². The van der Waals surface area contributed by atoms with E-state index in [0.717, 1.165) is 23.4 Å². The number of allylic oxidation sites excluding steroid dienone is 10. The van der Waals surface area contributed by atoms with Crippen molar-refractivity contribution in [3.63, 3.8) is 0 Å². The van der Waals surface area contributed by atoms with Gasteiger partial charge < -0.3 is 9.47 Å². The standard InChI is InChI=1S/C44H40F4N4O2/c1-25(29-13-31(45)17-32(46)14-29)9-11-53-27(3)41-21-39-20-37-6-5-35(49-37)19-36-7-8-38(50-36)23-43-42(22-40(52-43)24-44(41)51-39)28(4)54-12-10-26(2)30-15-33(47)18-34(48)16-30/h5-8,13-28H,9-12H2,1-4H3/i21D. The summed E-state index contributed by atoms with van der Waals surface area (Å²) in [6, 6.07) is 7.27.